The Bertz CT molecular complexity index is 524. The monoisotopic (exact) mass is 256 g/mol. The Balaban J connectivity index is 2.08. The molecule has 0 aliphatic carbocycles. The molecule has 2 rings (SSSR count). The quantitative estimate of drug-likeness (QED) is 0.882. The van der Waals surface area contributed by atoms with Gasteiger partial charge in [-0.2, -0.15) is 0 Å². The first-order valence-electron chi connectivity index (χ1n) is 6.36. The number of aryl methyl sites for hydroxylation is 1. The molecule has 0 saturated heterocycles. The van der Waals surface area contributed by atoms with Gasteiger partial charge >= 0.3 is 0 Å². The van der Waals surface area contributed by atoms with Crippen LogP contribution in [0.4, 0.5) is 5.95 Å². The first kappa shape index (κ1) is 13.5. The van der Waals surface area contributed by atoms with Gasteiger partial charge in [-0.1, -0.05) is 29.8 Å². The molecule has 0 atom stereocenters. The fourth-order valence-electron chi connectivity index (χ4n) is 1.62. The minimum Gasteiger partial charge on any atom is -0.352 e. The highest BCUT2D eigenvalue weighted by atomic mass is 15.1. The molecular formula is C15H20N4. The Kier molecular flexibility index (Phi) is 3.81. The van der Waals surface area contributed by atoms with Crippen molar-refractivity contribution in [2.45, 2.75) is 26.3 Å². The number of nitrogens with two attached hydrogens (primary N) is 1. The van der Waals surface area contributed by atoms with Crippen molar-refractivity contribution in [2.24, 2.45) is 5.73 Å². The summed E-state index contributed by atoms with van der Waals surface area (Å²) in [6.07, 6.45) is 3.65. The summed E-state index contributed by atoms with van der Waals surface area (Å²) in [6.45, 7) is 6.63. The highest BCUT2D eigenvalue weighted by Gasteiger charge is 2.10. The number of hydrogen-bond acceptors (Lipinski definition) is 4. The fraction of sp³-hybridized carbons (Fsp3) is 0.333. The van der Waals surface area contributed by atoms with Crippen LogP contribution in [0, 0.1) is 6.92 Å². The second kappa shape index (κ2) is 5.36. The Labute approximate surface area is 114 Å². The smallest absolute Gasteiger partial charge is 0.222 e. The van der Waals surface area contributed by atoms with Crippen molar-refractivity contribution in [3.63, 3.8) is 0 Å². The second-order valence-corrected chi connectivity index (χ2v) is 5.50. The van der Waals surface area contributed by atoms with Crippen molar-refractivity contribution in [3.8, 4) is 11.1 Å². The van der Waals surface area contributed by atoms with E-state index in [0.29, 0.717) is 12.5 Å². The van der Waals surface area contributed by atoms with Gasteiger partial charge in [0.2, 0.25) is 5.95 Å². The van der Waals surface area contributed by atoms with Gasteiger partial charge in [0.05, 0.1) is 0 Å². The molecule has 4 nitrogen and oxygen atoms in total. The van der Waals surface area contributed by atoms with Crippen LogP contribution in [0.15, 0.2) is 36.7 Å². The predicted octanol–water partition coefficient (Wildman–Crippen LogP) is 2.60. The zero-order chi connectivity index (χ0) is 13.9. The van der Waals surface area contributed by atoms with Gasteiger partial charge in [-0.05, 0) is 26.3 Å². The van der Waals surface area contributed by atoms with E-state index in [9.17, 15) is 0 Å². The maximum absolute atomic E-state index is 5.90. The standard InChI is InChI=1S/C15H20N4/c1-11-4-6-12(7-5-11)13-8-17-14(18-9-13)19-10-15(2,3)16/h4-9H,10,16H2,1-3H3,(H,17,18,19). The van der Waals surface area contributed by atoms with Gasteiger partial charge in [-0.15, -0.1) is 0 Å². The van der Waals surface area contributed by atoms with Gasteiger partial charge in [0.25, 0.3) is 0 Å². The largest absolute Gasteiger partial charge is 0.352 e. The summed E-state index contributed by atoms with van der Waals surface area (Å²) < 4.78 is 0. The van der Waals surface area contributed by atoms with Crippen molar-refractivity contribution in [1.82, 2.24) is 9.97 Å². The number of nitrogens with zero attached hydrogens (tertiary/aromatic N) is 2. The third kappa shape index (κ3) is 4.03. The summed E-state index contributed by atoms with van der Waals surface area (Å²) in [5, 5.41) is 3.13. The highest BCUT2D eigenvalue weighted by Crippen LogP contribution is 2.18. The molecule has 1 aromatic heterocycles. The molecule has 0 amide bonds. The number of anilines is 1. The van der Waals surface area contributed by atoms with Crippen LogP contribution < -0.4 is 11.1 Å². The average Bonchev–Trinajstić information content (AvgIpc) is 2.37. The number of rotatable bonds is 4. The SMILES string of the molecule is Cc1ccc(-c2cnc(NCC(C)(C)N)nc2)cc1. The molecule has 0 bridgehead atoms. The molecule has 3 N–H and O–H groups in total. The molecule has 0 unspecified atom stereocenters. The lowest BCUT2D eigenvalue weighted by molar-refractivity contribution is 0.547. The normalized spacial score (nSPS) is 11.4. The summed E-state index contributed by atoms with van der Waals surface area (Å²) in [6, 6.07) is 8.31. The van der Waals surface area contributed by atoms with Crippen LogP contribution in [-0.4, -0.2) is 22.1 Å². The average molecular weight is 256 g/mol. The Morgan fingerprint density at radius 3 is 2.16 bits per heavy atom. The van der Waals surface area contributed by atoms with Crippen LogP contribution in [0.3, 0.4) is 0 Å². The number of nitrogens with one attached hydrogen (secondary N) is 1. The van der Waals surface area contributed by atoms with E-state index in [0.717, 1.165) is 11.1 Å². The van der Waals surface area contributed by atoms with Crippen molar-refractivity contribution in [1.29, 1.82) is 0 Å². The van der Waals surface area contributed by atoms with Gasteiger partial charge in [0.15, 0.2) is 0 Å². The van der Waals surface area contributed by atoms with Gasteiger partial charge in [0, 0.05) is 30.0 Å². The van der Waals surface area contributed by atoms with Crippen LogP contribution >= 0.6 is 0 Å². The molecule has 4 heteroatoms. The third-order valence-electron chi connectivity index (χ3n) is 2.74. The zero-order valence-corrected chi connectivity index (χ0v) is 11.6. The molecule has 0 spiro atoms. The molecule has 0 aliphatic rings. The first-order valence-corrected chi connectivity index (χ1v) is 6.36. The maximum Gasteiger partial charge on any atom is 0.222 e. The second-order valence-electron chi connectivity index (χ2n) is 5.50. The molecule has 0 saturated carbocycles. The summed E-state index contributed by atoms with van der Waals surface area (Å²) in [7, 11) is 0. The Morgan fingerprint density at radius 1 is 1.05 bits per heavy atom. The van der Waals surface area contributed by atoms with E-state index < -0.39 is 0 Å². The lowest BCUT2D eigenvalue weighted by Gasteiger charge is -2.18. The maximum atomic E-state index is 5.90. The van der Waals surface area contributed by atoms with E-state index >= 15 is 0 Å². The van der Waals surface area contributed by atoms with Crippen LogP contribution in [0.25, 0.3) is 11.1 Å². The molecule has 0 radical (unpaired) electrons. The minimum atomic E-state index is -0.279. The first-order chi connectivity index (χ1) is 8.94. The van der Waals surface area contributed by atoms with Crippen molar-refractivity contribution < 1.29 is 0 Å². The van der Waals surface area contributed by atoms with E-state index in [-0.39, 0.29) is 5.54 Å². The van der Waals surface area contributed by atoms with Crippen LogP contribution in [0.5, 0.6) is 0 Å². The lowest BCUT2D eigenvalue weighted by Crippen LogP contribution is -2.39. The lowest BCUT2D eigenvalue weighted by atomic mass is 10.1. The number of hydrogen-bond donors (Lipinski definition) is 2. The van der Waals surface area contributed by atoms with E-state index in [4.69, 9.17) is 5.73 Å². The Morgan fingerprint density at radius 2 is 1.63 bits per heavy atom. The van der Waals surface area contributed by atoms with Crippen LogP contribution in [0.2, 0.25) is 0 Å². The predicted molar refractivity (Wildman–Crippen MR) is 79.0 cm³/mol. The molecule has 19 heavy (non-hydrogen) atoms. The molecule has 1 aromatic carbocycles. The topological polar surface area (TPSA) is 63.8 Å². The number of benzene rings is 1. The molecule has 100 valence electrons. The van der Waals surface area contributed by atoms with E-state index in [2.05, 4.69) is 46.5 Å². The van der Waals surface area contributed by atoms with E-state index in [1.54, 1.807) is 0 Å². The highest BCUT2D eigenvalue weighted by molar-refractivity contribution is 5.62. The van der Waals surface area contributed by atoms with Gasteiger partial charge in [-0.25, -0.2) is 9.97 Å². The van der Waals surface area contributed by atoms with Crippen molar-refractivity contribution in [3.05, 3.63) is 42.2 Å². The molecule has 1 heterocycles. The van der Waals surface area contributed by atoms with Gasteiger partial charge in [-0.3, -0.25) is 0 Å². The minimum absolute atomic E-state index is 0.279. The zero-order valence-electron chi connectivity index (χ0n) is 11.6. The fourth-order valence-corrected chi connectivity index (χ4v) is 1.62. The van der Waals surface area contributed by atoms with E-state index in [1.165, 1.54) is 5.56 Å². The van der Waals surface area contributed by atoms with Gasteiger partial charge < -0.3 is 11.1 Å². The van der Waals surface area contributed by atoms with Crippen molar-refractivity contribution >= 4 is 5.95 Å². The molecule has 0 fully saturated rings. The summed E-state index contributed by atoms with van der Waals surface area (Å²) in [4.78, 5) is 8.61. The summed E-state index contributed by atoms with van der Waals surface area (Å²) >= 11 is 0. The van der Waals surface area contributed by atoms with Gasteiger partial charge in [0.1, 0.15) is 0 Å². The van der Waals surface area contributed by atoms with E-state index in [1.807, 2.05) is 26.2 Å². The molecule has 2 aromatic rings. The van der Waals surface area contributed by atoms with Crippen molar-refractivity contribution in [2.75, 3.05) is 11.9 Å². The number of aromatic nitrogens is 2. The summed E-state index contributed by atoms with van der Waals surface area (Å²) in [5.41, 5.74) is 9.00. The summed E-state index contributed by atoms with van der Waals surface area (Å²) in [5.74, 6) is 0.606. The van der Waals surface area contributed by atoms with Crippen LogP contribution in [-0.2, 0) is 0 Å². The molecular weight excluding hydrogens is 236 g/mol. The third-order valence-corrected chi connectivity index (χ3v) is 2.74. The Hall–Kier alpha value is -1.94. The van der Waals surface area contributed by atoms with Crippen LogP contribution in [0.1, 0.15) is 19.4 Å². The molecule has 0 aliphatic heterocycles.